The Morgan fingerprint density at radius 1 is 1.22 bits per heavy atom. The lowest BCUT2D eigenvalue weighted by Gasteiger charge is -2.14. The predicted molar refractivity (Wildman–Crippen MR) is 107 cm³/mol. The van der Waals surface area contributed by atoms with Crippen molar-refractivity contribution in [1.29, 1.82) is 0 Å². The summed E-state index contributed by atoms with van der Waals surface area (Å²) in [5.41, 5.74) is 4.88. The lowest BCUT2D eigenvalue weighted by molar-refractivity contribution is -0.119. The van der Waals surface area contributed by atoms with Crippen LogP contribution < -0.4 is 5.32 Å². The highest BCUT2D eigenvalue weighted by molar-refractivity contribution is 7.99. The molecular formula is C21H22N4OS. The summed E-state index contributed by atoms with van der Waals surface area (Å²) in [5, 5.41) is 12.1. The van der Waals surface area contributed by atoms with E-state index < -0.39 is 0 Å². The van der Waals surface area contributed by atoms with Crippen LogP contribution in [-0.2, 0) is 17.6 Å². The fourth-order valence-corrected chi connectivity index (χ4v) is 4.34. The topological polar surface area (TPSA) is 59.8 Å². The summed E-state index contributed by atoms with van der Waals surface area (Å²) in [6, 6.07) is 16.7. The van der Waals surface area contributed by atoms with Gasteiger partial charge < -0.3 is 5.32 Å². The molecule has 6 heteroatoms. The highest BCUT2D eigenvalue weighted by Gasteiger charge is 2.23. The molecule has 1 aliphatic rings. The van der Waals surface area contributed by atoms with Gasteiger partial charge in [-0.2, -0.15) is 0 Å². The van der Waals surface area contributed by atoms with E-state index in [1.807, 2.05) is 22.8 Å². The lowest BCUT2D eigenvalue weighted by Crippen LogP contribution is -2.28. The van der Waals surface area contributed by atoms with Gasteiger partial charge >= 0.3 is 0 Å². The number of rotatable bonds is 6. The Hall–Kier alpha value is -2.60. The smallest absolute Gasteiger partial charge is 0.230 e. The van der Waals surface area contributed by atoms with E-state index >= 15 is 0 Å². The van der Waals surface area contributed by atoms with E-state index in [9.17, 15) is 4.79 Å². The monoisotopic (exact) mass is 378 g/mol. The number of benzene rings is 2. The van der Waals surface area contributed by atoms with Crippen molar-refractivity contribution in [2.45, 2.75) is 37.4 Å². The number of para-hydroxylation sites is 1. The van der Waals surface area contributed by atoms with Crippen LogP contribution in [-0.4, -0.2) is 26.4 Å². The van der Waals surface area contributed by atoms with Crippen LogP contribution in [0.3, 0.4) is 0 Å². The number of carbonyl (C=O) groups is 1. The molecule has 0 saturated heterocycles. The number of amides is 1. The molecule has 0 aliphatic heterocycles. The Morgan fingerprint density at radius 2 is 2.04 bits per heavy atom. The Labute approximate surface area is 163 Å². The van der Waals surface area contributed by atoms with Crippen molar-refractivity contribution in [3.8, 4) is 5.69 Å². The normalized spacial score (nSPS) is 15.5. The molecule has 1 aliphatic carbocycles. The zero-order chi connectivity index (χ0) is 18.6. The number of hydrogen-bond acceptors (Lipinski definition) is 4. The first-order valence-electron chi connectivity index (χ1n) is 9.24. The van der Waals surface area contributed by atoms with Gasteiger partial charge in [0.1, 0.15) is 6.33 Å². The third-order valence-corrected chi connectivity index (χ3v) is 5.89. The molecule has 27 heavy (non-hydrogen) atoms. The number of aryl methyl sites for hydroxylation is 2. The van der Waals surface area contributed by atoms with Crippen LogP contribution in [0.25, 0.3) is 5.69 Å². The van der Waals surface area contributed by atoms with Crippen LogP contribution in [0.5, 0.6) is 0 Å². The van der Waals surface area contributed by atoms with Crippen molar-refractivity contribution in [1.82, 2.24) is 20.1 Å². The van der Waals surface area contributed by atoms with Gasteiger partial charge in [0.2, 0.25) is 5.91 Å². The molecule has 138 valence electrons. The summed E-state index contributed by atoms with van der Waals surface area (Å²) in [6.45, 7) is 2.13. The quantitative estimate of drug-likeness (QED) is 0.664. The minimum Gasteiger partial charge on any atom is -0.349 e. The van der Waals surface area contributed by atoms with Crippen LogP contribution in [0.1, 0.15) is 36.1 Å². The summed E-state index contributed by atoms with van der Waals surface area (Å²) >= 11 is 1.42. The molecular weight excluding hydrogens is 356 g/mol. The minimum absolute atomic E-state index is 0.0278. The Balaban J connectivity index is 1.42. The van der Waals surface area contributed by atoms with E-state index in [2.05, 4.69) is 52.8 Å². The van der Waals surface area contributed by atoms with Crippen molar-refractivity contribution in [2.75, 3.05) is 5.75 Å². The molecule has 0 bridgehead atoms. The van der Waals surface area contributed by atoms with E-state index in [4.69, 9.17) is 0 Å². The van der Waals surface area contributed by atoms with Gasteiger partial charge in [0.15, 0.2) is 5.16 Å². The van der Waals surface area contributed by atoms with Crippen LogP contribution in [0, 0.1) is 0 Å². The van der Waals surface area contributed by atoms with E-state index in [0.29, 0.717) is 5.75 Å². The summed E-state index contributed by atoms with van der Waals surface area (Å²) in [7, 11) is 0. The Bertz CT molecular complexity index is 953. The number of nitrogens with one attached hydrogen (secondary N) is 1. The van der Waals surface area contributed by atoms with Crippen molar-refractivity contribution >= 4 is 17.7 Å². The first-order chi connectivity index (χ1) is 13.3. The molecule has 0 fully saturated rings. The maximum atomic E-state index is 12.5. The summed E-state index contributed by atoms with van der Waals surface area (Å²) in [6.07, 6.45) is 4.63. The molecule has 0 spiro atoms. The molecule has 4 rings (SSSR count). The summed E-state index contributed by atoms with van der Waals surface area (Å²) in [5.74, 6) is 0.353. The molecule has 1 heterocycles. The van der Waals surface area contributed by atoms with Gasteiger partial charge in [-0.1, -0.05) is 61.2 Å². The SMILES string of the molecule is CCc1ccccc1-n1cnnc1SCC(=O)NC1CCc2ccccc21. The second-order valence-corrected chi connectivity index (χ2v) is 7.55. The van der Waals surface area contributed by atoms with E-state index in [1.54, 1.807) is 6.33 Å². The van der Waals surface area contributed by atoms with Crippen LogP contribution in [0.15, 0.2) is 60.0 Å². The molecule has 2 aromatic carbocycles. The number of aromatic nitrogens is 3. The third-order valence-electron chi connectivity index (χ3n) is 4.95. The first kappa shape index (κ1) is 17.8. The van der Waals surface area contributed by atoms with Gasteiger partial charge in [-0.3, -0.25) is 9.36 Å². The number of thioether (sulfide) groups is 1. The molecule has 1 amide bonds. The van der Waals surface area contributed by atoms with Crippen molar-refractivity contribution in [2.24, 2.45) is 0 Å². The van der Waals surface area contributed by atoms with Gasteiger partial charge in [-0.05, 0) is 42.0 Å². The molecule has 1 N–H and O–H groups in total. The molecule has 1 aromatic heterocycles. The lowest BCUT2D eigenvalue weighted by atomic mass is 10.1. The second-order valence-electron chi connectivity index (χ2n) is 6.61. The van der Waals surface area contributed by atoms with E-state index in [-0.39, 0.29) is 11.9 Å². The number of hydrogen-bond donors (Lipinski definition) is 1. The standard InChI is InChI=1S/C21H22N4OS/c1-2-15-7-4-6-10-19(15)25-14-22-24-21(25)27-13-20(26)23-18-12-11-16-8-3-5-9-17(16)18/h3-10,14,18H,2,11-13H2,1H3,(H,23,26). The van der Waals surface area contributed by atoms with Gasteiger partial charge in [-0.15, -0.1) is 10.2 Å². The second kappa shape index (κ2) is 7.96. The first-order valence-corrected chi connectivity index (χ1v) is 10.2. The molecule has 3 aromatic rings. The molecule has 0 radical (unpaired) electrons. The highest BCUT2D eigenvalue weighted by Crippen LogP contribution is 2.31. The number of nitrogens with zero attached hydrogens (tertiary/aromatic N) is 3. The molecule has 1 unspecified atom stereocenters. The van der Waals surface area contributed by atoms with Gasteiger partial charge in [0.05, 0.1) is 17.5 Å². The third kappa shape index (κ3) is 3.76. The zero-order valence-corrected chi connectivity index (χ0v) is 16.1. The van der Waals surface area contributed by atoms with Gasteiger partial charge in [-0.25, -0.2) is 0 Å². The average molecular weight is 379 g/mol. The molecule has 1 atom stereocenters. The van der Waals surface area contributed by atoms with E-state index in [0.717, 1.165) is 30.1 Å². The van der Waals surface area contributed by atoms with Gasteiger partial charge in [0, 0.05) is 0 Å². The Morgan fingerprint density at radius 3 is 2.93 bits per heavy atom. The van der Waals surface area contributed by atoms with Crippen molar-refractivity contribution in [3.05, 3.63) is 71.5 Å². The number of fused-ring (bicyclic) bond motifs is 1. The van der Waals surface area contributed by atoms with Crippen LogP contribution >= 0.6 is 11.8 Å². The highest BCUT2D eigenvalue weighted by atomic mass is 32.2. The maximum Gasteiger partial charge on any atom is 0.230 e. The average Bonchev–Trinajstić information content (AvgIpc) is 3.33. The van der Waals surface area contributed by atoms with Crippen molar-refractivity contribution < 1.29 is 4.79 Å². The molecule has 5 nitrogen and oxygen atoms in total. The number of carbonyl (C=O) groups excluding carboxylic acids is 1. The van der Waals surface area contributed by atoms with Gasteiger partial charge in [0.25, 0.3) is 0 Å². The predicted octanol–water partition coefficient (Wildman–Crippen LogP) is 3.73. The van der Waals surface area contributed by atoms with Crippen LogP contribution in [0.4, 0.5) is 0 Å². The molecule has 0 saturated carbocycles. The summed E-state index contributed by atoms with van der Waals surface area (Å²) < 4.78 is 1.96. The van der Waals surface area contributed by atoms with Crippen molar-refractivity contribution in [3.63, 3.8) is 0 Å². The summed E-state index contributed by atoms with van der Waals surface area (Å²) in [4.78, 5) is 12.5. The minimum atomic E-state index is 0.0278. The fraction of sp³-hybridized carbons (Fsp3) is 0.286. The largest absolute Gasteiger partial charge is 0.349 e. The fourth-order valence-electron chi connectivity index (χ4n) is 3.61. The maximum absolute atomic E-state index is 12.5. The van der Waals surface area contributed by atoms with E-state index in [1.165, 1.54) is 28.5 Å². The Kier molecular flexibility index (Phi) is 5.25. The van der Waals surface area contributed by atoms with Crippen LogP contribution in [0.2, 0.25) is 0 Å². The zero-order valence-electron chi connectivity index (χ0n) is 15.3.